The highest BCUT2D eigenvalue weighted by Gasteiger charge is 2.43. The number of nitrogens with one attached hydrogen (secondary N) is 1. The van der Waals surface area contributed by atoms with E-state index in [4.69, 9.17) is 4.74 Å². The number of amides is 1. The Labute approximate surface area is 117 Å². The van der Waals surface area contributed by atoms with Crippen molar-refractivity contribution in [2.75, 3.05) is 13.2 Å². The number of hydrogen-bond acceptors (Lipinski definition) is 4. The Morgan fingerprint density at radius 2 is 2.26 bits per heavy atom. The highest BCUT2D eigenvalue weighted by atomic mass is 32.1. The van der Waals surface area contributed by atoms with Crippen LogP contribution >= 0.6 is 11.3 Å². The van der Waals surface area contributed by atoms with Crippen molar-refractivity contribution >= 4 is 17.2 Å². The first-order valence-electron chi connectivity index (χ1n) is 6.91. The zero-order valence-corrected chi connectivity index (χ0v) is 12.2. The number of nitrogens with zero attached hydrogens (tertiary/aromatic N) is 1. The third-order valence-corrected chi connectivity index (χ3v) is 4.96. The Bertz CT molecular complexity index is 468. The van der Waals surface area contributed by atoms with Gasteiger partial charge in [-0.05, 0) is 38.8 Å². The summed E-state index contributed by atoms with van der Waals surface area (Å²) < 4.78 is 5.59. The Kier molecular flexibility index (Phi) is 3.60. The lowest BCUT2D eigenvalue weighted by atomic mass is 9.87. The summed E-state index contributed by atoms with van der Waals surface area (Å²) in [6.07, 6.45) is 2.36. The number of aryl methyl sites for hydroxylation is 1. The quantitative estimate of drug-likeness (QED) is 0.918. The van der Waals surface area contributed by atoms with E-state index in [1.807, 2.05) is 11.8 Å². The Hall–Kier alpha value is -0.910. The van der Waals surface area contributed by atoms with Crippen LogP contribution in [-0.2, 0) is 9.53 Å². The smallest absolute Gasteiger partial charge is 0.238 e. The molecule has 5 heteroatoms. The maximum atomic E-state index is 12.1. The lowest BCUT2D eigenvalue weighted by Crippen LogP contribution is -2.50. The summed E-state index contributed by atoms with van der Waals surface area (Å²) in [5.41, 5.74) is 0. The molecule has 1 saturated heterocycles. The third-order valence-electron chi connectivity index (χ3n) is 3.91. The van der Waals surface area contributed by atoms with E-state index in [2.05, 4.69) is 24.4 Å². The van der Waals surface area contributed by atoms with Gasteiger partial charge in [0.05, 0.1) is 12.6 Å². The van der Waals surface area contributed by atoms with Gasteiger partial charge < -0.3 is 9.64 Å². The van der Waals surface area contributed by atoms with Crippen LogP contribution in [0, 0.1) is 6.92 Å². The van der Waals surface area contributed by atoms with E-state index in [-0.39, 0.29) is 12.1 Å². The fraction of sp³-hybridized carbons (Fsp3) is 0.643. The summed E-state index contributed by atoms with van der Waals surface area (Å²) in [6.45, 7) is 5.34. The number of carbonyl (C=O) groups is 1. The molecule has 1 aromatic heterocycles. The minimum Gasteiger partial charge on any atom is -0.378 e. The highest BCUT2D eigenvalue weighted by Crippen LogP contribution is 2.37. The van der Waals surface area contributed by atoms with Crippen molar-refractivity contribution in [2.24, 2.45) is 0 Å². The van der Waals surface area contributed by atoms with E-state index in [1.165, 1.54) is 9.75 Å². The van der Waals surface area contributed by atoms with E-state index in [1.54, 1.807) is 11.3 Å². The molecular weight excluding hydrogens is 260 g/mol. The molecule has 1 N–H and O–H groups in total. The molecule has 1 atom stereocenters. The molecule has 2 heterocycles. The van der Waals surface area contributed by atoms with Crippen molar-refractivity contribution in [1.82, 2.24) is 10.2 Å². The van der Waals surface area contributed by atoms with Gasteiger partial charge in [-0.15, -0.1) is 11.3 Å². The molecule has 0 aromatic carbocycles. The average molecular weight is 280 g/mol. The van der Waals surface area contributed by atoms with Crippen molar-refractivity contribution < 1.29 is 9.53 Å². The maximum absolute atomic E-state index is 12.1. The minimum atomic E-state index is 0.0683. The van der Waals surface area contributed by atoms with Crippen molar-refractivity contribution in [1.29, 1.82) is 0 Å². The third kappa shape index (κ3) is 2.42. The second kappa shape index (κ2) is 5.23. The first kappa shape index (κ1) is 13.1. The lowest BCUT2D eigenvalue weighted by molar-refractivity contribution is -0.136. The summed E-state index contributed by atoms with van der Waals surface area (Å²) in [4.78, 5) is 16.6. The normalized spacial score (nSPS) is 30.7. The summed E-state index contributed by atoms with van der Waals surface area (Å²) in [7, 11) is 0. The number of rotatable bonds is 4. The van der Waals surface area contributed by atoms with Crippen LogP contribution in [0.25, 0.3) is 0 Å². The molecule has 2 aliphatic rings. The van der Waals surface area contributed by atoms with Gasteiger partial charge in [0.25, 0.3) is 0 Å². The first-order valence-corrected chi connectivity index (χ1v) is 7.73. The number of carbonyl (C=O) groups excluding carboxylic acids is 1. The molecule has 19 heavy (non-hydrogen) atoms. The van der Waals surface area contributed by atoms with Gasteiger partial charge >= 0.3 is 0 Å². The topological polar surface area (TPSA) is 41.6 Å². The van der Waals surface area contributed by atoms with Gasteiger partial charge in [-0.3, -0.25) is 10.1 Å². The van der Waals surface area contributed by atoms with E-state index in [9.17, 15) is 4.79 Å². The second-order valence-electron chi connectivity index (χ2n) is 5.24. The monoisotopic (exact) mass is 280 g/mol. The van der Waals surface area contributed by atoms with Gasteiger partial charge in [-0.2, -0.15) is 0 Å². The van der Waals surface area contributed by atoms with Gasteiger partial charge in [0.2, 0.25) is 5.91 Å². The van der Waals surface area contributed by atoms with Crippen LogP contribution in [0.1, 0.15) is 35.7 Å². The van der Waals surface area contributed by atoms with E-state index in [0.717, 1.165) is 19.4 Å². The molecule has 0 radical (unpaired) electrons. The fourth-order valence-electron chi connectivity index (χ4n) is 2.91. The maximum Gasteiger partial charge on any atom is 0.238 e. The van der Waals surface area contributed by atoms with E-state index in [0.29, 0.717) is 18.7 Å². The predicted octanol–water partition coefficient (Wildman–Crippen LogP) is 2.05. The van der Waals surface area contributed by atoms with Crippen LogP contribution in [0.3, 0.4) is 0 Å². The van der Waals surface area contributed by atoms with Crippen LogP contribution in [0.2, 0.25) is 0 Å². The van der Waals surface area contributed by atoms with Crippen LogP contribution < -0.4 is 5.32 Å². The second-order valence-corrected chi connectivity index (χ2v) is 6.55. The average Bonchev–Trinajstić information content (AvgIpc) is 2.90. The van der Waals surface area contributed by atoms with Crippen LogP contribution in [0.15, 0.2) is 12.1 Å². The molecule has 4 nitrogen and oxygen atoms in total. The zero-order chi connectivity index (χ0) is 13.4. The van der Waals surface area contributed by atoms with E-state index < -0.39 is 0 Å². The molecule has 104 valence electrons. The summed E-state index contributed by atoms with van der Waals surface area (Å²) in [6, 6.07) is 4.58. The number of hydrogen-bond donors (Lipinski definition) is 1. The fourth-order valence-corrected chi connectivity index (χ4v) is 3.86. The highest BCUT2D eigenvalue weighted by molar-refractivity contribution is 7.12. The van der Waals surface area contributed by atoms with Crippen LogP contribution in [-0.4, -0.2) is 36.1 Å². The molecular formula is C14H20N2O2S. The number of ether oxygens (including phenoxy) is 1. The molecule has 2 fully saturated rings. The van der Waals surface area contributed by atoms with Gasteiger partial charge in [-0.1, -0.05) is 0 Å². The molecule has 3 rings (SSSR count). The van der Waals surface area contributed by atoms with Gasteiger partial charge in [0.15, 0.2) is 0 Å². The molecule has 1 amide bonds. The largest absolute Gasteiger partial charge is 0.378 e. The van der Waals surface area contributed by atoms with Crippen LogP contribution in [0.5, 0.6) is 0 Å². The summed E-state index contributed by atoms with van der Waals surface area (Å²) >= 11 is 1.77. The lowest BCUT2D eigenvalue weighted by Gasteiger charge is -2.42. The predicted molar refractivity (Wildman–Crippen MR) is 75.1 cm³/mol. The molecule has 1 aromatic rings. The molecule has 1 unspecified atom stereocenters. The Morgan fingerprint density at radius 3 is 2.89 bits per heavy atom. The minimum absolute atomic E-state index is 0.0683. The van der Waals surface area contributed by atoms with Crippen LogP contribution in [0.4, 0.5) is 0 Å². The van der Waals surface area contributed by atoms with Gasteiger partial charge in [0, 0.05) is 22.4 Å². The molecule has 1 saturated carbocycles. The summed E-state index contributed by atoms with van der Waals surface area (Å²) in [5, 5.41) is 3.33. The van der Waals surface area contributed by atoms with Crippen molar-refractivity contribution in [3.63, 3.8) is 0 Å². The molecule has 1 aliphatic carbocycles. The zero-order valence-electron chi connectivity index (χ0n) is 11.4. The molecule has 0 spiro atoms. The van der Waals surface area contributed by atoms with Crippen molar-refractivity contribution in [2.45, 2.75) is 45.0 Å². The Morgan fingerprint density at radius 1 is 1.47 bits per heavy atom. The number of thiophene rings is 1. The summed E-state index contributed by atoms with van der Waals surface area (Å²) in [5.74, 6) is 0.219. The molecule has 0 bridgehead atoms. The van der Waals surface area contributed by atoms with Gasteiger partial charge in [-0.25, -0.2) is 0 Å². The SMILES string of the molecule is CCOC1CC(N2C(=O)CNC2c2ccc(C)s2)C1. The van der Waals surface area contributed by atoms with Crippen molar-refractivity contribution in [3.05, 3.63) is 21.9 Å². The van der Waals surface area contributed by atoms with E-state index >= 15 is 0 Å². The van der Waals surface area contributed by atoms with Crippen molar-refractivity contribution in [3.8, 4) is 0 Å². The van der Waals surface area contributed by atoms with Gasteiger partial charge in [0.1, 0.15) is 6.17 Å². The molecule has 1 aliphatic heterocycles. The first-order chi connectivity index (χ1) is 9.19. The Balaban J connectivity index is 1.70. The standard InChI is InChI=1S/C14H20N2O2S/c1-3-18-11-6-10(7-11)16-13(17)8-15-14(16)12-5-4-9(2)19-12/h4-5,10-11,14-15H,3,6-8H2,1-2H3.